The first-order chi connectivity index (χ1) is 30.2. The Labute approximate surface area is 379 Å². The number of benzene rings is 7. The molecule has 0 amide bonds. The third-order valence-electron chi connectivity index (χ3n) is 11.4. The molecule has 6 heteroatoms. The standard InChI is InChI=1S/C56H58Cl2N2O2/c1-7-9-53(43-19-31-51(32-20-43)59(47-23-11-39(3)12-24-47)48-25-13-40(4)14-26-48)61-55-35-46(38-58)56(36-45(55)37-57)62-54(10-8-2)44-21-33-52(34-22-44)60(49-27-15-41(5)16-28-49)50-29-17-42(6)18-30-50/h11-36,53-54H,7-10,37-38H2,1-6H3. The second-order valence-corrected chi connectivity index (χ2v) is 16.9. The third kappa shape index (κ3) is 10.7. The maximum Gasteiger partial charge on any atom is 0.125 e. The van der Waals surface area contributed by atoms with Crippen LogP contribution in [-0.4, -0.2) is 0 Å². The second-order valence-electron chi connectivity index (χ2n) is 16.3. The Morgan fingerprint density at radius 3 is 0.855 bits per heavy atom. The van der Waals surface area contributed by atoms with E-state index in [0.29, 0.717) is 0 Å². The number of hydrogen-bond acceptors (Lipinski definition) is 4. The lowest BCUT2D eigenvalue weighted by atomic mass is 10.0. The summed E-state index contributed by atoms with van der Waals surface area (Å²) in [7, 11) is 0. The fourth-order valence-electron chi connectivity index (χ4n) is 7.84. The molecule has 0 spiro atoms. The minimum absolute atomic E-state index is 0.177. The van der Waals surface area contributed by atoms with E-state index in [9.17, 15) is 0 Å². The quantitative estimate of drug-likeness (QED) is 0.0803. The first-order valence-corrected chi connectivity index (χ1v) is 22.9. The molecule has 0 bridgehead atoms. The lowest BCUT2D eigenvalue weighted by Gasteiger charge is -2.27. The third-order valence-corrected chi connectivity index (χ3v) is 12.0. The average molecular weight is 862 g/mol. The van der Waals surface area contributed by atoms with E-state index in [1.807, 2.05) is 12.1 Å². The molecule has 0 radical (unpaired) electrons. The van der Waals surface area contributed by atoms with Gasteiger partial charge in [0.05, 0.1) is 11.8 Å². The molecule has 0 aliphatic carbocycles. The smallest absolute Gasteiger partial charge is 0.125 e. The molecule has 0 N–H and O–H groups in total. The first kappa shape index (κ1) is 44.4. The molecule has 2 atom stereocenters. The minimum Gasteiger partial charge on any atom is -0.485 e. The molecule has 0 fully saturated rings. The highest BCUT2D eigenvalue weighted by Gasteiger charge is 2.22. The summed E-state index contributed by atoms with van der Waals surface area (Å²) in [6.45, 7) is 12.8. The summed E-state index contributed by atoms with van der Waals surface area (Å²) in [5.74, 6) is 2.01. The van der Waals surface area contributed by atoms with E-state index in [-0.39, 0.29) is 24.0 Å². The largest absolute Gasteiger partial charge is 0.485 e. The Balaban J connectivity index is 1.14. The minimum atomic E-state index is -0.177. The van der Waals surface area contributed by atoms with Crippen molar-refractivity contribution in [1.82, 2.24) is 0 Å². The van der Waals surface area contributed by atoms with Gasteiger partial charge in [-0.3, -0.25) is 0 Å². The molecule has 0 saturated carbocycles. The maximum atomic E-state index is 6.90. The molecular formula is C56H58Cl2N2O2. The van der Waals surface area contributed by atoms with Crippen molar-refractivity contribution >= 4 is 57.3 Å². The normalized spacial score (nSPS) is 12.1. The highest BCUT2D eigenvalue weighted by Crippen LogP contribution is 2.41. The van der Waals surface area contributed by atoms with Crippen molar-refractivity contribution in [1.29, 1.82) is 0 Å². The Hall–Kier alpha value is -5.68. The Morgan fingerprint density at radius 1 is 0.387 bits per heavy atom. The van der Waals surface area contributed by atoms with Crippen molar-refractivity contribution in [3.8, 4) is 11.5 Å². The van der Waals surface area contributed by atoms with Gasteiger partial charge in [0.2, 0.25) is 0 Å². The molecule has 0 heterocycles. The van der Waals surface area contributed by atoms with Crippen molar-refractivity contribution in [2.75, 3.05) is 9.80 Å². The zero-order chi connectivity index (χ0) is 43.6. The van der Waals surface area contributed by atoms with Crippen LogP contribution in [0.3, 0.4) is 0 Å². The summed E-state index contributed by atoms with van der Waals surface area (Å²) in [6, 6.07) is 56.2. The summed E-state index contributed by atoms with van der Waals surface area (Å²) < 4.78 is 13.8. The average Bonchev–Trinajstić information content (AvgIpc) is 3.29. The predicted molar refractivity (Wildman–Crippen MR) is 263 cm³/mol. The van der Waals surface area contributed by atoms with Crippen LogP contribution in [0.2, 0.25) is 0 Å². The lowest BCUT2D eigenvalue weighted by Crippen LogP contribution is -2.13. The number of rotatable bonds is 18. The molecule has 7 rings (SSSR count). The summed E-state index contributed by atoms with van der Waals surface area (Å²) in [5.41, 5.74) is 15.5. The van der Waals surface area contributed by atoms with E-state index in [1.165, 1.54) is 22.3 Å². The molecule has 4 nitrogen and oxygen atoms in total. The van der Waals surface area contributed by atoms with Crippen LogP contribution < -0.4 is 19.3 Å². The van der Waals surface area contributed by atoms with Crippen LogP contribution in [0.1, 0.15) is 96.2 Å². The molecule has 318 valence electrons. The predicted octanol–water partition coefficient (Wildman–Crippen LogP) is 17.2. The maximum absolute atomic E-state index is 6.90. The number of anilines is 6. The molecule has 2 unspecified atom stereocenters. The van der Waals surface area contributed by atoms with Crippen molar-refractivity contribution in [3.05, 3.63) is 202 Å². The number of halogens is 2. The molecule has 62 heavy (non-hydrogen) atoms. The molecule has 0 aliphatic heterocycles. The Kier molecular flexibility index (Phi) is 15.0. The topological polar surface area (TPSA) is 24.9 Å². The van der Waals surface area contributed by atoms with Gasteiger partial charge in [-0.05, 0) is 137 Å². The number of ether oxygens (including phenoxy) is 2. The van der Waals surface area contributed by atoms with Crippen LogP contribution in [0.15, 0.2) is 158 Å². The van der Waals surface area contributed by atoms with Gasteiger partial charge in [0, 0.05) is 45.3 Å². The van der Waals surface area contributed by atoms with Crippen LogP contribution in [0.4, 0.5) is 34.1 Å². The Bertz CT molecular complexity index is 2210. The van der Waals surface area contributed by atoms with E-state index in [1.54, 1.807) is 0 Å². The first-order valence-electron chi connectivity index (χ1n) is 21.9. The zero-order valence-electron chi connectivity index (χ0n) is 36.9. The molecule has 7 aromatic rings. The van der Waals surface area contributed by atoms with Gasteiger partial charge in [0.1, 0.15) is 23.7 Å². The fraction of sp³-hybridized carbons (Fsp3) is 0.250. The van der Waals surface area contributed by atoms with E-state index in [0.717, 1.165) is 93.6 Å². The van der Waals surface area contributed by atoms with Gasteiger partial charge in [-0.2, -0.15) is 0 Å². The van der Waals surface area contributed by atoms with Crippen molar-refractivity contribution in [2.24, 2.45) is 0 Å². The number of hydrogen-bond donors (Lipinski definition) is 0. The van der Waals surface area contributed by atoms with Crippen LogP contribution in [-0.2, 0) is 11.8 Å². The summed E-state index contributed by atoms with van der Waals surface area (Å²) in [4.78, 5) is 4.59. The van der Waals surface area contributed by atoms with Crippen LogP contribution >= 0.6 is 23.2 Å². The van der Waals surface area contributed by atoms with Gasteiger partial charge >= 0.3 is 0 Å². The SMILES string of the molecule is CCCC(Oc1cc(CCl)c(OC(CCC)c2ccc(N(c3ccc(C)cc3)c3ccc(C)cc3)cc2)cc1CCl)c1ccc(N(c2ccc(C)cc2)c2ccc(C)cc2)cc1. The molecule has 7 aromatic carbocycles. The molecule has 0 aliphatic rings. The fourth-order valence-corrected chi connectivity index (χ4v) is 8.25. The zero-order valence-corrected chi connectivity index (χ0v) is 38.4. The second kappa shape index (κ2) is 20.9. The Morgan fingerprint density at radius 2 is 0.629 bits per heavy atom. The van der Waals surface area contributed by atoms with Gasteiger partial charge in [0.25, 0.3) is 0 Å². The van der Waals surface area contributed by atoms with Gasteiger partial charge in [-0.1, -0.05) is 122 Å². The number of aryl methyl sites for hydroxylation is 4. The summed E-state index contributed by atoms with van der Waals surface area (Å²) >= 11 is 13.4. The van der Waals surface area contributed by atoms with Crippen molar-refractivity contribution in [2.45, 2.75) is 91.2 Å². The van der Waals surface area contributed by atoms with Gasteiger partial charge in [0.15, 0.2) is 0 Å². The van der Waals surface area contributed by atoms with Gasteiger partial charge in [-0.25, -0.2) is 0 Å². The van der Waals surface area contributed by atoms with E-state index < -0.39 is 0 Å². The van der Waals surface area contributed by atoms with Crippen molar-refractivity contribution < 1.29 is 9.47 Å². The number of alkyl halides is 2. The van der Waals surface area contributed by atoms with Crippen molar-refractivity contribution in [3.63, 3.8) is 0 Å². The van der Waals surface area contributed by atoms with E-state index in [4.69, 9.17) is 32.7 Å². The molecule has 0 aromatic heterocycles. The highest BCUT2D eigenvalue weighted by molar-refractivity contribution is 6.18. The summed E-state index contributed by atoms with van der Waals surface area (Å²) in [6.07, 6.45) is 3.24. The van der Waals surface area contributed by atoms with Crippen LogP contribution in [0.5, 0.6) is 11.5 Å². The number of nitrogens with zero attached hydrogens (tertiary/aromatic N) is 2. The van der Waals surface area contributed by atoms with Gasteiger partial charge < -0.3 is 19.3 Å². The molecular weight excluding hydrogens is 804 g/mol. The highest BCUT2D eigenvalue weighted by atomic mass is 35.5. The summed E-state index contributed by atoms with van der Waals surface area (Å²) in [5, 5.41) is 0. The lowest BCUT2D eigenvalue weighted by molar-refractivity contribution is 0.185. The van der Waals surface area contributed by atoms with Gasteiger partial charge in [-0.15, -0.1) is 23.2 Å². The molecule has 0 saturated heterocycles. The van der Waals surface area contributed by atoms with Crippen LogP contribution in [0.25, 0.3) is 0 Å². The van der Waals surface area contributed by atoms with E-state index in [2.05, 4.69) is 197 Å². The monoisotopic (exact) mass is 860 g/mol. The van der Waals surface area contributed by atoms with Crippen LogP contribution in [0, 0.1) is 27.7 Å². The van der Waals surface area contributed by atoms with E-state index >= 15 is 0 Å².